The highest BCUT2D eigenvalue weighted by atomic mass is 19.1. The van der Waals surface area contributed by atoms with Gasteiger partial charge in [-0.05, 0) is 43.4 Å². The van der Waals surface area contributed by atoms with Crippen molar-refractivity contribution in [3.63, 3.8) is 0 Å². The van der Waals surface area contributed by atoms with Crippen LogP contribution in [0, 0.1) is 5.82 Å². The van der Waals surface area contributed by atoms with Gasteiger partial charge in [-0.25, -0.2) is 4.39 Å². The summed E-state index contributed by atoms with van der Waals surface area (Å²) in [5.41, 5.74) is 0.323. The Kier molecular flexibility index (Phi) is 5.13. The van der Waals surface area contributed by atoms with E-state index in [9.17, 15) is 9.50 Å². The fourth-order valence-corrected chi connectivity index (χ4v) is 4.00. The van der Waals surface area contributed by atoms with Crippen molar-refractivity contribution in [1.29, 1.82) is 0 Å². The standard InChI is InChI=1S/C19H28FNO3/c1-3-18(22)8-11-24-19(14-18)6-9-21(10-7-19)13-15-4-5-16(20)17(12-15)23-2/h4-5,12,22H,3,6-11,13-14H2,1-2H3. The molecule has 1 spiro atoms. The summed E-state index contributed by atoms with van der Waals surface area (Å²) in [6.07, 6.45) is 4.15. The first-order valence-corrected chi connectivity index (χ1v) is 8.89. The molecule has 0 bridgehead atoms. The van der Waals surface area contributed by atoms with E-state index in [-0.39, 0.29) is 11.4 Å². The smallest absolute Gasteiger partial charge is 0.165 e. The van der Waals surface area contributed by atoms with Crippen LogP contribution in [0.2, 0.25) is 0 Å². The molecule has 134 valence electrons. The number of halogens is 1. The topological polar surface area (TPSA) is 41.9 Å². The predicted molar refractivity (Wildman–Crippen MR) is 90.6 cm³/mol. The van der Waals surface area contributed by atoms with Crippen molar-refractivity contribution in [3.05, 3.63) is 29.6 Å². The van der Waals surface area contributed by atoms with Crippen molar-refractivity contribution in [2.45, 2.75) is 56.8 Å². The minimum atomic E-state index is -0.565. The number of methoxy groups -OCH3 is 1. The summed E-state index contributed by atoms with van der Waals surface area (Å²) in [6.45, 7) is 5.35. The van der Waals surface area contributed by atoms with Crippen LogP contribution >= 0.6 is 0 Å². The van der Waals surface area contributed by atoms with Gasteiger partial charge in [0.05, 0.1) is 24.9 Å². The molecule has 0 radical (unpaired) electrons. The maximum atomic E-state index is 13.5. The molecule has 24 heavy (non-hydrogen) atoms. The third-order valence-corrected chi connectivity index (χ3v) is 5.67. The number of hydrogen-bond donors (Lipinski definition) is 1. The summed E-state index contributed by atoms with van der Waals surface area (Å²) in [7, 11) is 1.49. The van der Waals surface area contributed by atoms with E-state index in [1.807, 2.05) is 6.07 Å². The van der Waals surface area contributed by atoms with Gasteiger partial charge in [-0.15, -0.1) is 0 Å². The number of benzene rings is 1. The van der Waals surface area contributed by atoms with Crippen LogP contribution in [-0.2, 0) is 11.3 Å². The van der Waals surface area contributed by atoms with E-state index in [1.54, 1.807) is 6.07 Å². The van der Waals surface area contributed by atoms with Gasteiger partial charge in [0.2, 0.25) is 0 Å². The molecular weight excluding hydrogens is 309 g/mol. The summed E-state index contributed by atoms with van der Waals surface area (Å²) in [6, 6.07) is 5.05. The van der Waals surface area contributed by atoms with E-state index in [4.69, 9.17) is 9.47 Å². The van der Waals surface area contributed by atoms with Gasteiger partial charge in [0.15, 0.2) is 11.6 Å². The fraction of sp³-hybridized carbons (Fsp3) is 0.684. The number of hydrogen-bond acceptors (Lipinski definition) is 4. The van der Waals surface area contributed by atoms with Crippen LogP contribution in [0.5, 0.6) is 5.75 Å². The van der Waals surface area contributed by atoms with Crippen molar-refractivity contribution in [2.75, 3.05) is 26.8 Å². The van der Waals surface area contributed by atoms with E-state index in [2.05, 4.69) is 11.8 Å². The lowest BCUT2D eigenvalue weighted by Crippen LogP contribution is -2.54. The Balaban J connectivity index is 1.59. The van der Waals surface area contributed by atoms with Crippen LogP contribution in [0.4, 0.5) is 4.39 Å². The SMILES string of the molecule is CCC1(O)CCOC2(CCN(Cc3ccc(F)c(OC)c3)CC2)C1. The summed E-state index contributed by atoms with van der Waals surface area (Å²) in [5, 5.41) is 10.6. The lowest BCUT2D eigenvalue weighted by Gasteiger charge is -2.49. The van der Waals surface area contributed by atoms with Crippen molar-refractivity contribution < 1.29 is 19.0 Å². The Hall–Kier alpha value is -1.17. The van der Waals surface area contributed by atoms with Gasteiger partial charge in [0.25, 0.3) is 0 Å². The minimum Gasteiger partial charge on any atom is -0.494 e. The van der Waals surface area contributed by atoms with Gasteiger partial charge < -0.3 is 14.6 Å². The zero-order valence-electron chi connectivity index (χ0n) is 14.7. The maximum absolute atomic E-state index is 13.5. The molecule has 1 aromatic rings. The van der Waals surface area contributed by atoms with Gasteiger partial charge in [0.1, 0.15) is 0 Å². The minimum absolute atomic E-state index is 0.167. The molecule has 3 rings (SSSR count). The van der Waals surface area contributed by atoms with Crippen molar-refractivity contribution in [1.82, 2.24) is 4.90 Å². The second kappa shape index (κ2) is 6.98. The Bertz CT molecular complexity index is 572. The zero-order chi connectivity index (χ0) is 17.2. The highest BCUT2D eigenvalue weighted by molar-refractivity contribution is 5.30. The van der Waals surface area contributed by atoms with Gasteiger partial charge >= 0.3 is 0 Å². The van der Waals surface area contributed by atoms with Crippen molar-refractivity contribution in [2.24, 2.45) is 0 Å². The predicted octanol–water partition coefficient (Wildman–Crippen LogP) is 3.12. The summed E-state index contributed by atoms with van der Waals surface area (Å²) in [4.78, 5) is 2.36. The highest BCUT2D eigenvalue weighted by Gasteiger charge is 2.45. The highest BCUT2D eigenvalue weighted by Crippen LogP contribution is 2.41. The Labute approximate surface area is 143 Å². The molecule has 2 saturated heterocycles. The first kappa shape index (κ1) is 17.6. The van der Waals surface area contributed by atoms with E-state index in [0.29, 0.717) is 12.4 Å². The van der Waals surface area contributed by atoms with E-state index >= 15 is 0 Å². The molecule has 0 saturated carbocycles. The summed E-state index contributed by atoms with van der Waals surface area (Å²) in [5.74, 6) is -0.0297. The monoisotopic (exact) mass is 337 g/mol. The molecule has 0 aliphatic carbocycles. The molecule has 2 aliphatic rings. The molecule has 5 heteroatoms. The van der Waals surface area contributed by atoms with Crippen LogP contribution < -0.4 is 4.74 Å². The van der Waals surface area contributed by atoms with Crippen molar-refractivity contribution in [3.8, 4) is 5.75 Å². The number of nitrogens with zero attached hydrogens (tertiary/aromatic N) is 1. The Morgan fingerprint density at radius 2 is 2.04 bits per heavy atom. The molecule has 2 aliphatic heterocycles. The third kappa shape index (κ3) is 3.73. The number of aliphatic hydroxyl groups is 1. The Morgan fingerprint density at radius 1 is 1.29 bits per heavy atom. The number of piperidine rings is 1. The molecule has 1 N–H and O–H groups in total. The van der Waals surface area contributed by atoms with Gasteiger partial charge in [-0.2, -0.15) is 0 Å². The second-order valence-corrected chi connectivity index (χ2v) is 7.28. The first-order valence-electron chi connectivity index (χ1n) is 8.89. The maximum Gasteiger partial charge on any atom is 0.165 e. The quantitative estimate of drug-likeness (QED) is 0.917. The first-order chi connectivity index (χ1) is 11.5. The second-order valence-electron chi connectivity index (χ2n) is 7.28. The molecule has 1 atom stereocenters. The van der Waals surface area contributed by atoms with Gasteiger partial charge in [-0.3, -0.25) is 4.90 Å². The molecular formula is C19H28FNO3. The fourth-order valence-electron chi connectivity index (χ4n) is 4.00. The van der Waals surface area contributed by atoms with Gasteiger partial charge in [0, 0.05) is 26.1 Å². The average Bonchev–Trinajstić information content (AvgIpc) is 2.59. The van der Waals surface area contributed by atoms with Crippen molar-refractivity contribution >= 4 is 0 Å². The van der Waals surface area contributed by atoms with E-state index in [1.165, 1.54) is 13.2 Å². The molecule has 0 aromatic heterocycles. The molecule has 1 unspecified atom stereocenters. The molecule has 2 fully saturated rings. The van der Waals surface area contributed by atoms with E-state index in [0.717, 1.165) is 57.3 Å². The number of likely N-dealkylation sites (tertiary alicyclic amines) is 1. The third-order valence-electron chi connectivity index (χ3n) is 5.67. The van der Waals surface area contributed by atoms with Crippen LogP contribution in [0.3, 0.4) is 0 Å². The molecule has 4 nitrogen and oxygen atoms in total. The largest absolute Gasteiger partial charge is 0.494 e. The average molecular weight is 337 g/mol. The van der Waals surface area contributed by atoms with E-state index < -0.39 is 5.60 Å². The lowest BCUT2D eigenvalue weighted by molar-refractivity contribution is -0.179. The normalized spacial score (nSPS) is 27.3. The zero-order valence-corrected chi connectivity index (χ0v) is 14.7. The molecule has 0 amide bonds. The van der Waals surface area contributed by atoms with Gasteiger partial charge in [-0.1, -0.05) is 13.0 Å². The summed E-state index contributed by atoms with van der Waals surface area (Å²) >= 11 is 0. The van der Waals surface area contributed by atoms with Crippen LogP contribution in [-0.4, -0.2) is 48.0 Å². The molecule has 2 heterocycles. The van der Waals surface area contributed by atoms with Crippen LogP contribution in [0.15, 0.2) is 18.2 Å². The van der Waals surface area contributed by atoms with Crippen LogP contribution in [0.25, 0.3) is 0 Å². The van der Waals surface area contributed by atoms with Crippen LogP contribution in [0.1, 0.15) is 44.6 Å². The lowest BCUT2D eigenvalue weighted by atomic mass is 9.76. The number of ether oxygens (including phenoxy) is 2. The molecule has 1 aromatic carbocycles. The summed E-state index contributed by atoms with van der Waals surface area (Å²) < 4.78 is 24.7. The number of rotatable bonds is 4. The Morgan fingerprint density at radius 3 is 2.71 bits per heavy atom.